The van der Waals surface area contributed by atoms with Crippen molar-refractivity contribution in [3.05, 3.63) is 29.6 Å². The summed E-state index contributed by atoms with van der Waals surface area (Å²) in [5.41, 5.74) is 1.06. The topological polar surface area (TPSA) is 21.3 Å². The van der Waals surface area contributed by atoms with Gasteiger partial charge in [-0.15, -0.1) is 0 Å². The van der Waals surface area contributed by atoms with Crippen molar-refractivity contribution >= 4 is 0 Å². The van der Waals surface area contributed by atoms with Crippen LogP contribution in [-0.2, 0) is 0 Å². The van der Waals surface area contributed by atoms with E-state index in [0.717, 1.165) is 12.0 Å². The van der Waals surface area contributed by atoms with E-state index in [1.807, 2.05) is 7.05 Å². The molecule has 0 amide bonds. The highest BCUT2D eigenvalue weighted by atomic mass is 19.1. The van der Waals surface area contributed by atoms with Gasteiger partial charge in [-0.1, -0.05) is 13.0 Å². The molecule has 3 heteroatoms. The molecule has 0 aliphatic carbocycles. The number of benzene rings is 1. The Hall–Kier alpha value is -1.09. The third-order valence-electron chi connectivity index (χ3n) is 2.67. The molecule has 0 saturated heterocycles. The van der Waals surface area contributed by atoms with Gasteiger partial charge in [0.2, 0.25) is 0 Å². The SMILES string of the molecule is CCC1Oc2cc(F)ccc2C1NC. The molecular formula is C11H14FNO. The maximum absolute atomic E-state index is 12.9. The van der Waals surface area contributed by atoms with Gasteiger partial charge in [-0.05, 0) is 19.5 Å². The van der Waals surface area contributed by atoms with Crippen LogP contribution in [0.1, 0.15) is 24.9 Å². The quantitative estimate of drug-likeness (QED) is 0.781. The zero-order valence-corrected chi connectivity index (χ0v) is 8.38. The molecule has 1 N–H and O–H groups in total. The molecule has 1 heterocycles. The lowest BCUT2D eigenvalue weighted by Crippen LogP contribution is -2.27. The van der Waals surface area contributed by atoms with E-state index in [1.165, 1.54) is 12.1 Å². The number of nitrogens with one attached hydrogen (secondary N) is 1. The van der Waals surface area contributed by atoms with Crippen molar-refractivity contribution in [2.24, 2.45) is 0 Å². The molecule has 0 fully saturated rings. The normalized spacial score (nSPS) is 24.5. The highest BCUT2D eigenvalue weighted by Crippen LogP contribution is 2.37. The molecule has 2 atom stereocenters. The molecular weight excluding hydrogens is 181 g/mol. The van der Waals surface area contributed by atoms with Gasteiger partial charge in [0, 0.05) is 11.6 Å². The van der Waals surface area contributed by atoms with Crippen LogP contribution in [0, 0.1) is 5.82 Å². The van der Waals surface area contributed by atoms with Crippen molar-refractivity contribution in [2.45, 2.75) is 25.5 Å². The Labute approximate surface area is 83.1 Å². The minimum Gasteiger partial charge on any atom is -0.488 e. The zero-order valence-electron chi connectivity index (χ0n) is 8.38. The summed E-state index contributed by atoms with van der Waals surface area (Å²) >= 11 is 0. The largest absolute Gasteiger partial charge is 0.488 e. The van der Waals surface area contributed by atoms with E-state index >= 15 is 0 Å². The predicted molar refractivity (Wildman–Crippen MR) is 52.9 cm³/mol. The summed E-state index contributed by atoms with van der Waals surface area (Å²) < 4.78 is 18.6. The fourth-order valence-corrected chi connectivity index (χ4v) is 1.96. The van der Waals surface area contributed by atoms with Crippen LogP contribution >= 0.6 is 0 Å². The molecule has 0 spiro atoms. The Morgan fingerprint density at radius 2 is 2.29 bits per heavy atom. The molecule has 0 bridgehead atoms. The van der Waals surface area contributed by atoms with Gasteiger partial charge in [0.05, 0.1) is 6.04 Å². The van der Waals surface area contributed by atoms with Gasteiger partial charge in [-0.3, -0.25) is 0 Å². The molecule has 1 aliphatic rings. The predicted octanol–water partition coefficient (Wildman–Crippen LogP) is 2.26. The Kier molecular flexibility index (Phi) is 2.42. The lowest BCUT2D eigenvalue weighted by molar-refractivity contribution is 0.189. The lowest BCUT2D eigenvalue weighted by Gasteiger charge is -2.16. The van der Waals surface area contributed by atoms with E-state index in [0.29, 0.717) is 5.75 Å². The number of fused-ring (bicyclic) bond motifs is 1. The second-order valence-corrected chi connectivity index (χ2v) is 3.51. The van der Waals surface area contributed by atoms with E-state index in [9.17, 15) is 4.39 Å². The molecule has 2 unspecified atom stereocenters. The van der Waals surface area contributed by atoms with Crippen LogP contribution in [0.5, 0.6) is 5.75 Å². The van der Waals surface area contributed by atoms with Crippen molar-refractivity contribution in [3.63, 3.8) is 0 Å². The van der Waals surface area contributed by atoms with Gasteiger partial charge >= 0.3 is 0 Å². The average Bonchev–Trinajstić information content (AvgIpc) is 2.54. The van der Waals surface area contributed by atoms with Gasteiger partial charge in [0.25, 0.3) is 0 Å². The number of halogens is 1. The van der Waals surface area contributed by atoms with Crippen LogP contribution in [0.15, 0.2) is 18.2 Å². The summed E-state index contributed by atoms with van der Waals surface area (Å²) in [7, 11) is 1.90. The number of hydrogen-bond donors (Lipinski definition) is 1. The minimum atomic E-state index is -0.240. The first kappa shape index (κ1) is 9.46. The summed E-state index contributed by atoms with van der Waals surface area (Å²) in [6.45, 7) is 2.07. The third kappa shape index (κ3) is 1.38. The Balaban J connectivity index is 2.37. The fraction of sp³-hybridized carbons (Fsp3) is 0.455. The molecule has 1 aromatic carbocycles. The standard InChI is InChI=1S/C11H14FNO/c1-3-9-11(13-2)8-5-4-7(12)6-10(8)14-9/h4-6,9,11,13H,3H2,1-2H3. The van der Waals surface area contributed by atoms with E-state index in [1.54, 1.807) is 6.07 Å². The summed E-state index contributed by atoms with van der Waals surface area (Å²) in [6, 6.07) is 4.91. The Bertz CT molecular complexity index is 340. The Morgan fingerprint density at radius 3 is 2.93 bits per heavy atom. The summed E-state index contributed by atoms with van der Waals surface area (Å²) in [5.74, 6) is 0.437. The highest BCUT2D eigenvalue weighted by Gasteiger charge is 2.31. The number of likely N-dealkylation sites (N-methyl/N-ethyl adjacent to an activating group) is 1. The smallest absolute Gasteiger partial charge is 0.127 e. The number of rotatable bonds is 2. The van der Waals surface area contributed by atoms with Gasteiger partial charge in [0.15, 0.2) is 0 Å². The maximum atomic E-state index is 12.9. The summed E-state index contributed by atoms with van der Waals surface area (Å²) in [5, 5.41) is 3.19. The minimum absolute atomic E-state index is 0.122. The van der Waals surface area contributed by atoms with Crippen LogP contribution in [0.2, 0.25) is 0 Å². The second-order valence-electron chi connectivity index (χ2n) is 3.51. The summed E-state index contributed by atoms with van der Waals surface area (Å²) in [6.07, 6.45) is 1.04. The van der Waals surface area contributed by atoms with Gasteiger partial charge in [0.1, 0.15) is 17.7 Å². The lowest BCUT2D eigenvalue weighted by atomic mass is 10.0. The zero-order chi connectivity index (χ0) is 10.1. The highest BCUT2D eigenvalue weighted by molar-refractivity contribution is 5.41. The van der Waals surface area contributed by atoms with Crippen LogP contribution < -0.4 is 10.1 Å². The first-order valence-electron chi connectivity index (χ1n) is 4.89. The molecule has 76 valence electrons. The summed E-state index contributed by atoms with van der Waals surface area (Å²) in [4.78, 5) is 0. The average molecular weight is 195 g/mol. The first-order valence-corrected chi connectivity index (χ1v) is 4.89. The van der Waals surface area contributed by atoms with Crippen molar-refractivity contribution < 1.29 is 9.13 Å². The molecule has 0 radical (unpaired) electrons. The molecule has 1 aliphatic heterocycles. The molecule has 2 rings (SSSR count). The van der Waals surface area contributed by atoms with Crippen molar-refractivity contribution in [2.75, 3.05) is 7.05 Å². The van der Waals surface area contributed by atoms with E-state index in [-0.39, 0.29) is 18.0 Å². The fourth-order valence-electron chi connectivity index (χ4n) is 1.96. The van der Waals surface area contributed by atoms with E-state index in [4.69, 9.17) is 4.74 Å². The van der Waals surface area contributed by atoms with E-state index in [2.05, 4.69) is 12.2 Å². The second kappa shape index (κ2) is 3.58. The van der Waals surface area contributed by atoms with Crippen LogP contribution in [0.25, 0.3) is 0 Å². The van der Waals surface area contributed by atoms with E-state index < -0.39 is 0 Å². The molecule has 14 heavy (non-hydrogen) atoms. The van der Waals surface area contributed by atoms with Crippen molar-refractivity contribution in [3.8, 4) is 5.75 Å². The molecule has 1 aromatic rings. The van der Waals surface area contributed by atoms with Crippen LogP contribution in [0.4, 0.5) is 4.39 Å². The number of ether oxygens (including phenoxy) is 1. The monoisotopic (exact) mass is 195 g/mol. The van der Waals surface area contributed by atoms with Gasteiger partial charge in [-0.25, -0.2) is 4.39 Å². The van der Waals surface area contributed by atoms with Gasteiger partial charge < -0.3 is 10.1 Å². The number of hydrogen-bond acceptors (Lipinski definition) is 2. The van der Waals surface area contributed by atoms with Crippen molar-refractivity contribution in [1.82, 2.24) is 5.32 Å². The van der Waals surface area contributed by atoms with Crippen LogP contribution in [-0.4, -0.2) is 13.2 Å². The Morgan fingerprint density at radius 1 is 1.50 bits per heavy atom. The third-order valence-corrected chi connectivity index (χ3v) is 2.67. The van der Waals surface area contributed by atoms with Crippen molar-refractivity contribution in [1.29, 1.82) is 0 Å². The maximum Gasteiger partial charge on any atom is 0.127 e. The molecule has 0 aromatic heterocycles. The molecule has 0 saturated carbocycles. The molecule has 2 nitrogen and oxygen atoms in total. The van der Waals surface area contributed by atoms with Crippen LogP contribution in [0.3, 0.4) is 0 Å². The first-order chi connectivity index (χ1) is 6.76. The van der Waals surface area contributed by atoms with Gasteiger partial charge in [-0.2, -0.15) is 0 Å².